The maximum absolute atomic E-state index is 11.3. The predicted molar refractivity (Wildman–Crippen MR) is 71.3 cm³/mol. The average Bonchev–Trinajstić information content (AvgIpc) is 2.79. The highest BCUT2D eigenvalue weighted by atomic mass is 16.4. The van der Waals surface area contributed by atoms with Crippen molar-refractivity contribution < 1.29 is 9.90 Å². The van der Waals surface area contributed by atoms with Crippen molar-refractivity contribution >= 4 is 5.97 Å². The Morgan fingerprint density at radius 1 is 1.44 bits per heavy atom. The Bertz CT molecular complexity index is 391. The molecule has 1 saturated heterocycles. The minimum Gasteiger partial charge on any atom is -0.481 e. The lowest BCUT2D eigenvalue weighted by atomic mass is 9.95. The minimum absolute atomic E-state index is 0.202. The van der Waals surface area contributed by atoms with Crippen LogP contribution < -0.4 is 0 Å². The van der Waals surface area contributed by atoms with Gasteiger partial charge in [-0.3, -0.25) is 9.69 Å². The van der Waals surface area contributed by atoms with Crippen molar-refractivity contribution in [3.63, 3.8) is 0 Å². The molecular weight excluding hydrogens is 226 g/mol. The molecule has 0 spiro atoms. The fraction of sp³-hybridized carbons (Fsp3) is 0.533. The number of carbonyl (C=O) groups is 1. The number of benzene rings is 1. The Balaban J connectivity index is 2.05. The Morgan fingerprint density at radius 3 is 2.78 bits per heavy atom. The maximum atomic E-state index is 11.3. The molecular formula is C15H21NO2. The van der Waals surface area contributed by atoms with E-state index < -0.39 is 5.97 Å². The monoisotopic (exact) mass is 247 g/mol. The number of hydrogen-bond acceptors (Lipinski definition) is 2. The molecule has 3 nitrogen and oxygen atoms in total. The molecule has 1 fully saturated rings. The molecule has 1 aromatic rings. The first-order valence-corrected chi connectivity index (χ1v) is 6.73. The van der Waals surface area contributed by atoms with Gasteiger partial charge in [-0.2, -0.15) is 0 Å². The lowest BCUT2D eigenvalue weighted by Gasteiger charge is -2.28. The zero-order valence-electron chi connectivity index (χ0n) is 10.9. The molecule has 0 aromatic heterocycles. The van der Waals surface area contributed by atoms with Gasteiger partial charge in [0.1, 0.15) is 0 Å². The van der Waals surface area contributed by atoms with Gasteiger partial charge in [0.2, 0.25) is 0 Å². The summed E-state index contributed by atoms with van der Waals surface area (Å²) in [6, 6.07) is 10.5. The molecule has 98 valence electrons. The molecule has 0 amide bonds. The lowest BCUT2D eigenvalue weighted by molar-refractivity contribution is -0.144. The highest BCUT2D eigenvalue weighted by molar-refractivity contribution is 5.70. The van der Waals surface area contributed by atoms with Crippen molar-refractivity contribution in [1.29, 1.82) is 0 Å². The summed E-state index contributed by atoms with van der Waals surface area (Å²) < 4.78 is 0. The summed E-state index contributed by atoms with van der Waals surface area (Å²) >= 11 is 0. The topological polar surface area (TPSA) is 40.5 Å². The molecule has 1 aliphatic heterocycles. The first-order valence-electron chi connectivity index (χ1n) is 6.73. The zero-order chi connectivity index (χ0) is 13.0. The van der Waals surface area contributed by atoms with Gasteiger partial charge in [-0.1, -0.05) is 37.3 Å². The molecule has 2 atom stereocenters. The molecule has 0 bridgehead atoms. The van der Waals surface area contributed by atoms with Crippen molar-refractivity contribution in [3.8, 4) is 0 Å². The van der Waals surface area contributed by atoms with Gasteiger partial charge in [-0.05, 0) is 31.4 Å². The Labute approximate surface area is 108 Å². The van der Waals surface area contributed by atoms with E-state index in [1.807, 2.05) is 25.1 Å². The van der Waals surface area contributed by atoms with Crippen LogP contribution in [0.3, 0.4) is 0 Å². The summed E-state index contributed by atoms with van der Waals surface area (Å²) in [7, 11) is 0. The van der Waals surface area contributed by atoms with Gasteiger partial charge in [-0.25, -0.2) is 0 Å². The van der Waals surface area contributed by atoms with E-state index in [0.29, 0.717) is 6.42 Å². The van der Waals surface area contributed by atoms with Crippen LogP contribution in [0.25, 0.3) is 0 Å². The maximum Gasteiger partial charge on any atom is 0.308 e. The molecule has 1 aliphatic rings. The summed E-state index contributed by atoms with van der Waals surface area (Å²) in [5, 5.41) is 9.29. The van der Waals surface area contributed by atoms with E-state index in [1.165, 1.54) is 5.56 Å². The van der Waals surface area contributed by atoms with Crippen LogP contribution in [0.4, 0.5) is 0 Å². The third-order valence-corrected chi connectivity index (χ3v) is 3.86. The third kappa shape index (κ3) is 2.91. The van der Waals surface area contributed by atoms with Crippen LogP contribution in [0.15, 0.2) is 30.3 Å². The smallest absolute Gasteiger partial charge is 0.308 e. The largest absolute Gasteiger partial charge is 0.481 e. The molecule has 1 heterocycles. The van der Waals surface area contributed by atoms with Crippen LogP contribution in [0, 0.1) is 5.92 Å². The van der Waals surface area contributed by atoms with Crippen LogP contribution in [0.1, 0.15) is 31.7 Å². The number of carboxylic acids is 1. The number of nitrogens with zero attached hydrogens (tertiary/aromatic N) is 1. The number of carboxylic acid groups (broad SMARTS) is 1. The average molecular weight is 247 g/mol. The molecule has 2 unspecified atom stereocenters. The number of likely N-dealkylation sites (tertiary alicyclic amines) is 1. The number of rotatable bonds is 5. The fourth-order valence-corrected chi connectivity index (χ4v) is 2.93. The zero-order valence-corrected chi connectivity index (χ0v) is 10.9. The van der Waals surface area contributed by atoms with Gasteiger partial charge in [0.05, 0.1) is 5.92 Å². The second-order valence-electron chi connectivity index (χ2n) is 5.02. The second kappa shape index (κ2) is 6.01. The first kappa shape index (κ1) is 13.1. The van der Waals surface area contributed by atoms with Crippen molar-refractivity contribution in [3.05, 3.63) is 35.9 Å². The fourth-order valence-electron chi connectivity index (χ4n) is 2.93. The van der Waals surface area contributed by atoms with Gasteiger partial charge in [0.15, 0.2) is 0 Å². The van der Waals surface area contributed by atoms with Gasteiger partial charge < -0.3 is 5.11 Å². The molecule has 0 saturated carbocycles. The molecule has 18 heavy (non-hydrogen) atoms. The lowest BCUT2D eigenvalue weighted by Crippen LogP contribution is -2.38. The van der Waals surface area contributed by atoms with Gasteiger partial charge in [0, 0.05) is 12.6 Å². The number of hydrogen-bond donors (Lipinski definition) is 1. The Morgan fingerprint density at radius 2 is 2.17 bits per heavy atom. The van der Waals surface area contributed by atoms with Crippen molar-refractivity contribution in [2.24, 2.45) is 5.92 Å². The van der Waals surface area contributed by atoms with Gasteiger partial charge in [0.25, 0.3) is 0 Å². The quantitative estimate of drug-likeness (QED) is 0.869. The molecule has 1 aromatic carbocycles. The molecule has 3 heteroatoms. The van der Waals surface area contributed by atoms with Crippen molar-refractivity contribution in [2.75, 3.05) is 6.54 Å². The Kier molecular flexibility index (Phi) is 4.37. The highest BCUT2D eigenvalue weighted by Crippen LogP contribution is 2.27. The van der Waals surface area contributed by atoms with Gasteiger partial charge >= 0.3 is 5.97 Å². The van der Waals surface area contributed by atoms with E-state index in [4.69, 9.17) is 0 Å². The molecule has 2 rings (SSSR count). The normalized spacial score (nSPS) is 21.9. The Hall–Kier alpha value is -1.35. The van der Waals surface area contributed by atoms with E-state index in [2.05, 4.69) is 17.0 Å². The predicted octanol–water partition coefficient (Wildman–Crippen LogP) is 2.76. The van der Waals surface area contributed by atoms with E-state index in [0.717, 1.165) is 25.9 Å². The molecule has 1 N–H and O–H groups in total. The van der Waals surface area contributed by atoms with Crippen LogP contribution in [0.5, 0.6) is 0 Å². The second-order valence-corrected chi connectivity index (χ2v) is 5.02. The van der Waals surface area contributed by atoms with E-state index >= 15 is 0 Å². The molecule has 0 aliphatic carbocycles. The highest BCUT2D eigenvalue weighted by Gasteiger charge is 2.34. The van der Waals surface area contributed by atoms with Crippen molar-refractivity contribution in [1.82, 2.24) is 4.90 Å². The van der Waals surface area contributed by atoms with Crippen LogP contribution >= 0.6 is 0 Å². The van der Waals surface area contributed by atoms with Crippen molar-refractivity contribution in [2.45, 2.75) is 38.8 Å². The summed E-state index contributed by atoms with van der Waals surface area (Å²) in [6.45, 7) is 3.86. The third-order valence-electron chi connectivity index (χ3n) is 3.86. The van der Waals surface area contributed by atoms with E-state index in [1.54, 1.807) is 0 Å². The number of aliphatic carboxylic acids is 1. The summed E-state index contributed by atoms with van der Waals surface area (Å²) in [5.74, 6) is -0.876. The molecule has 0 radical (unpaired) electrons. The summed E-state index contributed by atoms with van der Waals surface area (Å²) in [5.41, 5.74) is 1.27. The standard InChI is InChI=1S/C15H21NO2/c1-2-13(15(17)18)14-9-6-10-16(14)11-12-7-4-3-5-8-12/h3-5,7-8,13-14H,2,6,9-11H2,1H3,(H,17,18). The first-order chi connectivity index (χ1) is 8.72. The van der Waals surface area contributed by atoms with Crippen LogP contribution in [0.2, 0.25) is 0 Å². The van der Waals surface area contributed by atoms with Gasteiger partial charge in [-0.15, -0.1) is 0 Å². The summed E-state index contributed by atoms with van der Waals surface area (Å²) in [4.78, 5) is 13.6. The minimum atomic E-state index is -0.650. The SMILES string of the molecule is CCC(C(=O)O)C1CCCN1Cc1ccccc1. The summed E-state index contributed by atoms with van der Waals surface area (Å²) in [6.07, 6.45) is 2.84. The van der Waals surface area contributed by atoms with Crippen LogP contribution in [-0.4, -0.2) is 28.6 Å². The van der Waals surface area contributed by atoms with E-state index in [9.17, 15) is 9.90 Å². The van der Waals surface area contributed by atoms with Crippen LogP contribution in [-0.2, 0) is 11.3 Å². The van der Waals surface area contributed by atoms with E-state index in [-0.39, 0.29) is 12.0 Å².